The minimum Gasteiger partial charge on any atom is -0.478 e. The van der Waals surface area contributed by atoms with Crippen LogP contribution in [-0.2, 0) is 0 Å². The average molecular weight is 235 g/mol. The minimum atomic E-state index is -0.890. The third kappa shape index (κ3) is 3.44. The molecule has 0 aliphatic carbocycles. The lowest BCUT2D eigenvalue weighted by Gasteiger charge is -2.27. The number of carbonyl (C=O) groups is 1. The maximum absolute atomic E-state index is 10.7. The molecule has 0 bridgehead atoms. The summed E-state index contributed by atoms with van der Waals surface area (Å²) in [5.41, 5.74) is 1.27. The van der Waals surface area contributed by atoms with Crippen molar-refractivity contribution < 1.29 is 9.90 Å². The van der Waals surface area contributed by atoms with Crippen molar-refractivity contribution in [1.82, 2.24) is 10.2 Å². The summed E-state index contributed by atoms with van der Waals surface area (Å²) in [6, 6.07) is 6.82. The number of hydrogen-bond donors (Lipinski definition) is 3. The molecule has 0 radical (unpaired) electrons. The number of carboxylic acids is 1. The van der Waals surface area contributed by atoms with E-state index in [0.29, 0.717) is 5.56 Å². The highest BCUT2D eigenvalue weighted by molar-refractivity contribution is 5.87. The molecular weight excluding hydrogens is 218 g/mol. The summed E-state index contributed by atoms with van der Waals surface area (Å²) in [5, 5.41) is 15.4. The maximum Gasteiger partial charge on any atom is 0.335 e. The quantitative estimate of drug-likeness (QED) is 0.715. The fraction of sp³-hybridized carbons (Fsp3) is 0.417. The van der Waals surface area contributed by atoms with Gasteiger partial charge < -0.3 is 15.7 Å². The van der Waals surface area contributed by atoms with Crippen molar-refractivity contribution in [3.8, 4) is 0 Å². The lowest BCUT2D eigenvalue weighted by molar-refractivity contribution is 0.0697. The molecule has 1 saturated heterocycles. The minimum absolute atomic E-state index is 0.317. The lowest BCUT2D eigenvalue weighted by Crippen LogP contribution is -2.45. The Morgan fingerprint density at radius 3 is 2.53 bits per heavy atom. The molecule has 1 aromatic carbocycles. The van der Waals surface area contributed by atoms with E-state index in [1.807, 2.05) is 0 Å². The van der Waals surface area contributed by atoms with Crippen LogP contribution in [0, 0.1) is 0 Å². The molecule has 1 heterocycles. The van der Waals surface area contributed by atoms with Gasteiger partial charge in [-0.1, -0.05) is 0 Å². The zero-order valence-electron chi connectivity index (χ0n) is 9.65. The summed E-state index contributed by atoms with van der Waals surface area (Å²) in [6.45, 7) is 4.94. The molecule has 0 aromatic heterocycles. The molecule has 1 aromatic rings. The number of aromatic carboxylic acids is 1. The zero-order chi connectivity index (χ0) is 12.1. The van der Waals surface area contributed by atoms with E-state index in [1.165, 1.54) is 0 Å². The van der Waals surface area contributed by atoms with E-state index in [4.69, 9.17) is 5.11 Å². The number of hydrogen-bond acceptors (Lipinski definition) is 4. The predicted octanol–water partition coefficient (Wildman–Crippen LogP) is 0.659. The summed E-state index contributed by atoms with van der Waals surface area (Å²) < 4.78 is 0. The monoisotopic (exact) mass is 235 g/mol. The Morgan fingerprint density at radius 2 is 1.94 bits per heavy atom. The molecule has 0 atom stereocenters. The SMILES string of the molecule is O=C(O)c1ccc(NCN2CCNCC2)cc1. The van der Waals surface area contributed by atoms with Crippen molar-refractivity contribution >= 4 is 11.7 Å². The van der Waals surface area contributed by atoms with Crippen LogP contribution >= 0.6 is 0 Å². The van der Waals surface area contributed by atoms with Gasteiger partial charge in [-0.25, -0.2) is 4.79 Å². The van der Waals surface area contributed by atoms with Crippen LogP contribution in [0.25, 0.3) is 0 Å². The van der Waals surface area contributed by atoms with Crippen LogP contribution in [-0.4, -0.2) is 48.8 Å². The van der Waals surface area contributed by atoms with Crippen LogP contribution in [0.2, 0.25) is 0 Å². The van der Waals surface area contributed by atoms with Crippen molar-refractivity contribution in [1.29, 1.82) is 0 Å². The summed E-state index contributed by atoms with van der Waals surface area (Å²) >= 11 is 0. The Morgan fingerprint density at radius 1 is 1.29 bits per heavy atom. The average Bonchev–Trinajstić information content (AvgIpc) is 2.38. The van der Waals surface area contributed by atoms with E-state index in [9.17, 15) is 4.79 Å². The summed E-state index contributed by atoms with van der Waals surface area (Å²) in [6.07, 6.45) is 0. The number of carboxylic acid groups (broad SMARTS) is 1. The molecule has 1 fully saturated rings. The van der Waals surface area contributed by atoms with Crippen LogP contribution in [0.1, 0.15) is 10.4 Å². The van der Waals surface area contributed by atoms with Gasteiger partial charge >= 0.3 is 5.97 Å². The second-order valence-corrected chi connectivity index (χ2v) is 4.09. The Kier molecular flexibility index (Phi) is 3.95. The van der Waals surface area contributed by atoms with Gasteiger partial charge in [-0.2, -0.15) is 0 Å². The highest BCUT2D eigenvalue weighted by Gasteiger charge is 2.08. The highest BCUT2D eigenvalue weighted by Crippen LogP contribution is 2.09. The molecule has 3 N–H and O–H groups in total. The van der Waals surface area contributed by atoms with Crippen molar-refractivity contribution in [3.63, 3.8) is 0 Å². The van der Waals surface area contributed by atoms with E-state index in [1.54, 1.807) is 24.3 Å². The molecule has 5 nitrogen and oxygen atoms in total. The Hall–Kier alpha value is -1.59. The van der Waals surface area contributed by atoms with Crippen molar-refractivity contribution in [2.75, 3.05) is 38.2 Å². The van der Waals surface area contributed by atoms with Crippen LogP contribution < -0.4 is 10.6 Å². The van der Waals surface area contributed by atoms with Crippen LogP contribution in [0.4, 0.5) is 5.69 Å². The Labute approximate surface area is 100 Å². The molecule has 1 aliphatic heterocycles. The number of nitrogens with one attached hydrogen (secondary N) is 2. The lowest BCUT2D eigenvalue weighted by atomic mass is 10.2. The second-order valence-electron chi connectivity index (χ2n) is 4.09. The Bertz CT molecular complexity index is 372. The molecule has 0 unspecified atom stereocenters. The van der Waals surface area contributed by atoms with E-state index in [2.05, 4.69) is 15.5 Å². The fourth-order valence-electron chi connectivity index (χ4n) is 1.80. The van der Waals surface area contributed by atoms with Crippen molar-refractivity contribution in [2.45, 2.75) is 0 Å². The van der Waals surface area contributed by atoms with Gasteiger partial charge in [0.05, 0.1) is 12.2 Å². The Balaban J connectivity index is 1.84. The molecule has 5 heteroatoms. The van der Waals surface area contributed by atoms with E-state index in [-0.39, 0.29) is 0 Å². The van der Waals surface area contributed by atoms with Crippen LogP contribution in [0.15, 0.2) is 24.3 Å². The molecule has 0 amide bonds. The standard InChI is InChI=1S/C12H17N3O2/c16-12(17)10-1-3-11(4-2-10)14-9-15-7-5-13-6-8-15/h1-4,13-14H,5-9H2,(H,16,17). The second kappa shape index (κ2) is 5.65. The van der Waals surface area contributed by atoms with Gasteiger partial charge in [0, 0.05) is 31.9 Å². The molecule has 17 heavy (non-hydrogen) atoms. The van der Waals surface area contributed by atoms with E-state index < -0.39 is 5.97 Å². The summed E-state index contributed by atoms with van der Waals surface area (Å²) in [7, 11) is 0. The van der Waals surface area contributed by atoms with Gasteiger partial charge in [-0.3, -0.25) is 4.90 Å². The number of piperazine rings is 1. The number of benzene rings is 1. The van der Waals surface area contributed by atoms with Gasteiger partial charge in [-0.15, -0.1) is 0 Å². The topological polar surface area (TPSA) is 64.6 Å². The van der Waals surface area contributed by atoms with E-state index in [0.717, 1.165) is 38.5 Å². The van der Waals surface area contributed by atoms with Gasteiger partial charge in [0.2, 0.25) is 0 Å². The first kappa shape index (κ1) is 11.9. The van der Waals surface area contributed by atoms with Crippen molar-refractivity contribution in [2.24, 2.45) is 0 Å². The fourth-order valence-corrected chi connectivity index (χ4v) is 1.80. The predicted molar refractivity (Wildman–Crippen MR) is 66.3 cm³/mol. The molecule has 92 valence electrons. The summed E-state index contributed by atoms with van der Waals surface area (Å²) in [5.74, 6) is -0.890. The third-order valence-electron chi connectivity index (χ3n) is 2.85. The first-order chi connectivity index (χ1) is 8.25. The van der Waals surface area contributed by atoms with Crippen molar-refractivity contribution in [3.05, 3.63) is 29.8 Å². The van der Waals surface area contributed by atoms with Gasteiger partial charge in [-0.05, 0) is 24.3 Å². The number of rotatable bonds is 4. The number of nitrogens with zero attached hydrogens (tertiary/aromatic N) is 1. The highest BCUT2D eigenvalue weighted by atomic mass is 16.4. The smallest absolute Gasteiger partial charge is 0.335 e. The molecular formula is C12H17N3O2. The first-order valence-corrected chi connectivity index (χ1v) is 5.76. The molecule has 1 aliphatic rings. The molecule has 0 spiro atoms. The van der Waals surface area contributed by atoms with Crippen LogP contribution in [0.3, 0.4) is 0 Å². The van der Waals surface area contributed by atoms with Crippen LogP contribution in [0.5, 0.6) is 0 Å². The zero-order valence-corrected chi connectivity index (χ0v) is 9.65. The molecule has 0 saturated carbocycles. The largest absolute Gasteiger partial charge is 0.478 e. The van der Waals surface area contributed by atoms with Gasteiger partial charge in [0.25, 0.3) is 0 Å². The molecule has 2 rings (SSSR count). The summed E-state index contributed by atoms with van der Waals surface area (Å²) in [4.78, 5) is 13.0. The van der Waals surface area contributed by atoms with E-state index >= 15 is 0 Å². The first-order valence-electron chi connectivity index (χ1n) is 5.76. The normalized spacial score (nSPS) is 16.7. The van der Waals surface area contributed by atoms with Gasteiger partial charge in [0.1, 0.15) is 0 Å². The third-order valence-corrected chi connectivity index (χ3v) is 2.85. The van der Waals surface area contributed by atoms with Gasteiger partial charge in [0.15, 0.2) is 0 Å². The number of anilines is 1. The maximum atomic E-state index is 10.7.